The first-order chi connectivity index (χ1) is 8.13. The first-order valence-corrected chi connectivity index (χ1v) is 6.12. The van der Waals surface area contributed by atoms with Crippen LogP contribution in [0.4, 0.5) is 5.69 Å². The minimum absolute atomic E-state index is 0.0143. The quantitative estimate of drug-likeness (QED) is 0.824. The molecule has 1 aliphatic rings. The molecule has 1 N–H and O–H groups in total. The van der Waals surface area contributed by atoms with Crippen LogP contribution in [0.25, 0.3) is 0 Å². The van der Waals surface area contributed by atoms with Crippen molar-refractivity contribution < 1.29 is 9.59 Å². The molecule has 0 radical (unpaired) electrons. The summed E-state index contributed by atoms with van der Waals surface area (Å²) in [6, 6.07) is 5.32. The summed E-state index contributed by atoms with van der Waals surface area (Å²) in [5.41, 5.74) is 1.48. The van der Waals surface area contributed by atoms with Gasteiger partial charge in [-0.25, -0.2) is 0 Å². The van der Waals surface area contributed by atoms with Gasteiger partial charge in [-0.1, -0.05) is 0 Å². The number of nitrogens with zero attached hydrogens (tertiary/aromatic N) is 1. The van der Waals surface area contributed by atoms with Crippen LogP contribution in [0, 0.1) is 11.3 Å². The lowest BCUT2D eigenvalue weighted by molar-refractivity contribution is -0.114. The number of amides is 1. The molecular formula is C12H10N2O2S. The van der Waals surface area contributed by atoms with Crippen molar-refractivity contribution in [2.24, 2.45) is 0 Å². The standard InChI is InChI=1S/C12H10N2O2S/c1-7(15)14-9-3-2-8(6-13)12-11(9)10(16)4-5-17-12/h2-3H,4-5H2,1H3,(H,14,15). The predicted octanol–water partition coefficient (Wildman–Crippen LogP) is 2.20. The summed E-state index contributed by atoms with van der Waals surface area (Å²) >= 11 is 1.49. The third-order valence-corrected chi connectivity index (χ3v) is 3.56. The number of thioether (sulfide) groups is 1. The Bertz CT molecular complexity index is 546. The van der Waals surface area contributed by atoms with Gasteiger partial charge in [-0.2, -0.15) is 5.26 Å². The maximum absolute atomic E-state index is 11.9. The molecule has 0 bridgehead atoms. The molecule has 17 heavy (non-hydrogen) atoms. The molecule has 1 aromatic carbocycles. The molecule has 0 spiro atoms. The van der Waals surface area contributed by atoms with E-state index in [2.05, 4.69) is 11.4 Å². The van der Waals surface area contributed by atoms with Crippen LogP contribution in [0.15, 0.2) is 17.0 Å². The number of rotatable bonds is 1. The molecule has 1 heterocycles. The van der Waals surface area contributed by atoms with Crippen molar-refractivity contribution >= 4 is 29.1 Å². The summed E-state index contributed by atoms with van der Waals surface area (Å²) in [6.07, 6.45) is 0.444. The van der Waals surface area contributed by atoms with Crippen molar-refractivity contribution in [3.05, 3.63) is 23.3 Å². The van der Waals surface area contributed by atoms with E-state index in [0.29, 0.717) is 33.9 Å². The van der Waals surface area contributed by atoms with E-state index >= 15 is 0 Å². The molecule has 4 nitrogen and oxygen atoms in total. The highest BCUT2D eigenvalue weighted by atomic mass is 32.2. The van der Waals surface area contributed by atoms with Crippen LogP contribution in [0.1, 0.15) is 29.3 Å². The van der Waals surface area contributed by atoms with Gasteiger partial charge in [0.1, 0.15) is 6.07 Å². The first kappa shape index (κ1) is 11.7. The van der Waals surface area contributed by atoms with E-state index in [4.69, 9.17) is 5.26 Å². The molecule has 1 aromatic rings. The minimum atomic E-state index is -0.222. The number of carbonyl (C=O) groups excluding carboxylic acids is 2. The molecule has 86 valence electrons. The Kier molecular flexibility index (Phi) is 3.16. The Morgan fingerprint density at radius 3 is 2.94 bits per heavy atom. The maximum atomic E-state index is 11.9. The molecule has 2 rings (SSSR count). The highest BCUT2D eigenvalue weighted by molar-refractivity contribution is 7.99. The molecule has 0 fully saturated rings. The summed E-state index contributed by atoms with van der Waals surface area (Å²) in [7, 11) is 0. The smallest absolute Gasteiger partial charge is 0.221 e. The topological polar surface area (TPSA) is 70.0 Å². The van der Waals surface area contributed by atoms with Crippen LogP contribution in [-0.2, 0) is 4.79 Å². The van der Waals surface area contributed by atoms with Gasteiger partial charge < -0.3 is 5.32 Å². The molecule has 0 aromatic heterocycles. The van der Waals surface area contributed by atoms with E-state index in [1.165, 1.54) is 18.7 Å². The second-order valence-corrected chi connectivity index (χ2v) is 4.78. The van der Waals surface area contributed by atoms with Crippen LogP contribution in [0.3, 0.4) is 0 Å². The number of anilines is 1. The Balaban J connectivity index is 2.60. The lowest BCUT2D eigenvalue weighted by atomic mass is 10.0. The average Bonchev–Trinajstić information content (AvgIpc) is 2.28. The summed E-state index contributed by atoms with van der Waals surface area (Å²) < 4.78 is 0. The molecular weight excluding hydrogens is 236 g/mol. The van der Waals surface area contributed by atoms with Gasteiger partial charge in [0, 0.05) is 24.0 Å². The van der Waals surface area contributed by atoms with Gasteiger partial charge in [-0.3, -0.25) is 9.59 Å². The Labute approximate surface area is 103 Å². The van der Waals surface area contributed by atoms with Gasteiger partial charge in [0.15, 0.2) is 5.78 Å². The van der Waals surface area contributed by atoms with E-state index in [9.17, 15) is 9.59 Å². The van der Waals surface area contributed by atoms with Gasteiger partial charge in [-0.05, 0) is 12.1 Å². The number of hydrogen-bond donors (Lipinski definition) is 1. The van der Waals surface area contributed by atoms with Crippen molar-refractivity contribution in [2.75, 3.05) is 11.1 Å². The van der Waals surface area contributed by atoms with Gasteiger partial charge >= 0.3 is 0 Å². The van der Waals surface area contributed by atoms with Gasteiger partial charge in [0.2, 0.25) is 5.91 Å². The molecule has 0 saturated heterocycles. The highest BCUT2D eigenvalue weighted by Crippen LogP contribution is 2.37. The number of carbonyl (C=O) groups is 2. The fourth-order valence-electron chi connectivity index (χ4n) is 1.76. The average molecular weight is 246 g/mol. The Morgan fingerprint density at radius 1 is 1.53 bits per heavy atom. The summed E-state index contributed by atoms with van der Waals surface area (Å²) in [5.74, 6) is 0.448. The second kappa shape index (κ2) is 4.60. The van der Waals surface area contributed by atoms with E-state index in [0.717, 1.165) is 0 Å². The zero-order valence-electron chi connectivity index (χ0n) is 9.24. The Morgan fingerprint density at radius 2 is 2.29 bits per heavy atom. The van der Waals surface area contributed by atoms with Crippen molar-refractivity contribution in [1.82, 2.24) is 0 Å². The van der Waals surface area contributed by atoms with E-state index < -0.39 is 0 Å². The molecule has 0 aliphatic carbocycles. The normalized spacial score (nSPS) is 13.8. The maximum Gasteiger partial charge on any atom is 0.221 e. The number of nitriles is 1. The zero-order valence-corrected chi connectivity index (χ0v) is 10.1. The molecule has 5 heteroatoms. The van der Waals surface area contributed by atoms with Crippen LogP contribution in [-0.4, -0.2) is 17.4 Å². The molecule has 0 saturated carbocycles. The first-order valence-electron chi connectivity index (χ1n) is 5.14. The van der Waals surface area contributed by atoms with Crippen molar-refractivity contribution in [2.45, 2.75) is 18.2 Å². The zero-order chi connectivity index (χ0) is 12.4. The number of Topliss-reactive ketones (excluding diaryl/α,β-unsaturated/α-hetero) is 1. The van der Waals surface area contributed by atoms with Crippen LogP contribution < -0.4 is 5.32 Å². The number of nitrogens with one attached hydrogen (secondary N) is 1. The van der Waals surface area contributed by atoms with Crippen molar-refractivity contribution in [3.8, 4) is 6.07 Å². The molecule has 1 aliphatic heterocycles. The van der Waals surface area contributed by atoms with E-state index in [-0.39, 0.29) is 11.7 Å². The number of ketones is 1. The molecule has 1 amide bonds. The largest absolute Gasteiger partial charge is 0.326 e. The van der Waals surface area contributed by atoms with Gasteiger partial charge in [0.25, 0.3) is 0 Å². The third kappa shape index (κ3) is 2.17. The SMILES string of the molecule is CC(=O)Nc1ccc(C#N)c2c1C(=O)CCS2. The van der Waals surface area contributed by atoms with Gasteiger partial charge in [0.05, 0.1) is 16.8 Å². The van der Waals surface area contributed by atoms with Crippen molar-refractivity contribution in [1.29, 1.82) is 5.26 Å². The van der Waals surface area contributed by atoms with Crippen LogP contribution in [0.2, 0.25) is 0 Å². The number of benzene rings is 1. The van der Waals surface area contributed by atoms with E-state index in [1.54, 1.807) is 12.1 Å². The van der Waals surface area contributed by atoms with Gasteiger partial charge in [-0.15, -0.1) is 11.8 Å². The summed E-state index contributed by atoms with van der Waals surface area (Å²) in [6.45, 7) is 1.39. The van der Waals surface area contributed by atoms with Crippen LogP contribution >= 0.6 is 11.8 Å². The van der Waals surface area contributed by atoms with E-state index in [1.807, 2.05) is 0 Å². The third-order valence-electron chi connectivity index (χ3n) is 2.44. The predicted molar refractivity (Wildman–Crippen MR) is 65.1 cm³/mol. The number of hydrogen-bond acceptors (Lipinski definition) is 4. The molecule has 0 atom stereocenters. The lowest BCUT2D eigenvalue weighted by Gasteiger charge is -2.18. The summed E-state index contributed by atoms with van der Waals surface area (Å²) in [5, 5.41) is 11.6. The monoisotopic (exact) mass is 246 g/mol. The lowest BCUT2D eigenvalue weighted by Crippen LogP contribution is -2.16. The van der Waals surface area contributed by atoms with Crippen LogP contribution in [0.5, 0.6) is 0 Å². The van der Waals surface area contributed by atoms with Crippen molar-refractivity contribution in [3.63, 3.8) is 0 Å². The highest BCUT2D eigenvalue weighted by Gasteiger charge is 2.24. The number of fused-ring (bicyclic) bond motifs is 1. The fraction of sp³-hybridized carbons (Fsp3) is 0.250. The minimum Gasteiger partial charge on any atom is -0.326 e. The molecule has 0 unspecified atom stereocenters. The fourth-order valence-corrected chi connectivity index (χ4v) is 2.89. The second-order valence-electron chi connectivity index (χ2n) is 3.68. The summed E-state index contributed by atoms with van der Waals surface area (Å²) in [4.78, 5) is 23.6. The Hall–Kier alpha value is -1.80.